The van der Waals surface area contributed by atoms with Crippen LogP contribution >= 0.6 is 15.9 Å². The normalized spacial score (nSPS) is 9.85. The number of anilines is 2. The van der Waals surface area contributed by atoms with Crippen LogP contribution in [0.2, 0.25) is 0 Å². The van der Waals surface area contributed by atoms with E-state index in [9.17, 15) is 9.59 Å². The van der Waals surface area contributed by atoms with Crippen molar-refractivity contribution in [2.75, 3.05) is 10.6 Å². The van der Waals surface area contributed by atoms with E-state index in [0.29, 0.717) is 11.4 Å². The molecule has 0 saturated carbocycles. The van der Waals surface area contributed by atoms with E-state index in [2.05, 4.69) is 26.6 Å². The van der Waals surface area contributed by atoms with Crippen LogP contribution in [-0.2, 0) is 0 Å². The van der Waals surface area contributed by atoms with Crippen molar-refractivity contribution in [2.45, 2.75) is 0 Å². The Bertz CT molecular complexity index is 641. The van der Waals surface area contributed by atoms with Crippen molar-refractivity contribution in [3.8, 4) is 0 Å². The highest BCUT2D eigenvalue weighted by molar-refractivity contribution is 9.10. The summed E-state index contributed by atoms with van der Waals surface area (Å²) in [4.78, 5) is 22.5. The number of carboxylic acids is 1. The molecule has 0 aliphatic rings. The quantitative estimate of drug-likeness (QED) is 0.798. The van der Waals surface area contributed by atoms with Gasteiger partial charge < -0.3 is 15.7 Å². The molecule has 2 aromatic carbocycles. The Morgan fingerprint density at radius 2 is 1.60 bits per heavy atom. The van der Waals surface area contributed by atoms with Crippen molar-refractivity contribution in [3.63, 3.8) is 0 Å². The number of carbonyl (C=O) groups is 2. The highest BCUT2D eigenvalue weighted by Crippen LogP contribution is 2.21. The maximum Gasteiger partial charge on any atom is 0.335 e. The van der Waals surface area contributed by atoms with Crippen molar-refractivity contribution in [3.05, 3.63) is 58.6 Å². The zero-order valence-corrected chi connectivity index (χ0v) is 11.8. The van der Waals surface area contributed by atoms with Crippen LogP contribution in [-0.4, -0.2) is 17.1 Å². The van der Waals surface area contributed by atoms with E-state index in [1.165, 1.54) is 24.3 Å². The number of hydrogen-bond donors (Lipinski definition) is 3. The van der Waals surface area contributed by atoms with Crippen LogP contribution in [0.25, 0.3) is 0 Å². The smallest absolute Gasteiger partial charge is 0.335 e. The van der Waals surface area contributed by atoms with Gasteiger partial charge in [0.15, 0.2) is 0 Å². The third-order valence-electron chi connectivity index (χ3n) is 2.51. The molecule has 0 unspecified atom stereocenters. The molecule has 102 valence electrons. The van der Waals surface area contributed by atoms with Crippen molar-refractivity contribution in [2.24, 2.45) is 0 Å². The number of carboxylic acid groups (broad SMARTS) is 1. The van der Waals surface area contributed by atoms with Crippen LogP contribution < -0.4 is 10.6 Å². The van der Waals surface area contributed by atoms with Gasteiger partial charge in [-0.15, -0.1) is 0 Å². The highest BCUT2D eigenvalue weighted by Gasteiger charge is 2.06. The second-order valence-electron chi connectivity index (χ2n) is 3.94. The maximum absolute atomic E-state index is 11.8. The van der Waals surface area contributed by atoms with Gasteiger partial charge in [-0.3, -0.25) is 0 Å². The van der Waals surface area contributed by atoms with Gasteiger partial charge in [0.1, 0.15) is 0 Å². The summed E-state index contributed by atoms with van der Waals surface area (Å²) in [7, 11) is 0. The van der Waals surface area contributed by atoms with Gasteiger partial charge in [-0.1, -0.05) is 12.1 Å². The van der Waals surface area contributed by atoms with Crippen molar-refractivity contribution in [1.29, 1.82) is 0 Å². The summed E-state index contributed by atoms with van der Waals surface area (Å²) in [6, 6.07) is 12.7. The molecule has 0 bridgehead atoms. The summed E-state index contributed by atoms with van der Waals surface area (Å²) in [5.74, 6) is -1.01. The molecule has 0 aliphatic carbocycles. The number of aromatic carboxylic acids is 1. The molecule has 0 aromatic heterocycles. The van der Waals surface area contributed by atoms with Gasteiger partial charge in [-0.05, 0) is 52.3 Å². The van der Waals surface area contributed by atoms with Crippen LogP contribution in [0.4, 0.5) is 16.2 Å². The summed E-state index contributed by atoms with van der Waals surface area (Å²) in [5.41, 5.74) is 1.33. The van der Waals surface area contributed by atoms with Gasteiger partial charge in [-0.25, -0.2) is 9.59 Å². The van der Waals surface area contributed by atoms with Gasteiger partial charge in [0.2, 0.25) is 0 Å². The first-order valence-electron chi connectivity index (χ1n) is 5.72. The van der Waals surface area contributed by atoms with Gasteiger partial charge in [-0.2, -0.15) is 0 Å². The lowest BCUT2D eigenvalue weighted by atomic mass is 10.2. The largest absolute Gasteiger partial charge is 0.478 e. The van der Waals surface area contributed by atoms with Crippen molar-refractivity contribution in [1.82, 2.24) is 0 Å². The molecule has 2 aromatic rings. The van der Waals surface area contributed by atoms with E-state index in [1.54, 1.807) is 6.07 Å². The molecule has 0 heterocycles. The number of carbonyl (C=O) groups excluding carboxylic acids is 1. The zero-order valence-electron chi connectivity index (χ0n) is 10.3. The molecule has 0 aliphatic heterocycles. The first-order chi connectivity index (χ1) is 9.56. The number of para-hydroxylation sites is 1. The zero-order chi connectivity index (χ0) is 14.5. The molecule has 3 N–H and O–H groups in total. The Morgan fingerprint density at radius 3 is 2.20 bits per heavy atom. The Morgan fingerprint density at radius 1 is 0.950 bits per heavy atom. The second-order valence-corrected chi connectivity index (χ2v) is 4.80. The fourth-order valence-electron chi connectivity index (χ4n) is 1.54. The fourth-order valence-corrected chi connectivity index (χ4v) is 1.93. The molecule has 0 fully saturated rings. The number of rotatable bonds is 3. The molecule has 5 nitrogen and oxygen atoms in total. The molecule has 6 heteroatoms. The summed E-state index contributed by atoms with van der Waals surface area (Å²) < 4.78 is 0.774. The van der Waals surface area contributed by atoms with Gasteiger partial charge >= 0.3 is 12.0 Å². The number of amides is 2. The minimum Gasteiger partial charge on any atom is -0.478 e. The van der Waals surface area contributed by atoms with E-state index in [4.69, 9.17) is 5.11 Å². The van der Waals surface area contributed by atoms with Crippen LogP contribution in [0, 0.1) is 0 Å². The predicted molar refractivity (Wildman–Crippen MR) is 80.2 cm³/mol. The van der Waals surface area contributed by atoms with E-state index in [0.717, 1.165) is 4.47 Å². The lowest BCUT2D eigenvalue weighted by molar-refractivity contribution is 0.0697. The van der Waals surface area contributed by atoms with E-state index in [-0.39, 0.29) is 5.56 Å². The van der Waals surface area contributed by atoms with Crippen LogP contribution in [0.3, 0.4) is 0 Å². The van der Waals surface area contributed by atoms with Gasteiger partial charge in [0, 0.05) is 10.2 Å². The molecule has 0 spiro atoms. The average molecular weight is 335 g/mol. The minimum absolute atomic E-state index is 0.168. The molecule has 0 atom stereocenters. The third kappa shape index (κ3) is 3.58. The molecule has 2 amide bonds. The summed E-state index contributed by atoms with van der Waals surface area (Å²) >= 11 is 3.33. The van der Waals surface area contributed by atoms with Crippen molar-refractivity contribution >= 4 is 39.3 Å². The number of benzene rings is 2. The topological polar surface area (TPSA) is 78.4 Å². The highest BCUT2D eigenvalue weighted by atomic mass is 79.9. The summed E-state index contributed by atoms with van der Waals surface area (Å²) in [6.45, 7) is 0. The molecular weight excluding hydrogens is 324 g/mol. The third-order valence-corrected chi connectivity index (χ3v) is 3.20. The number of nitrogens with one attached hydrogen (secondary N) is 2. The van der Waals surface area contributed by atoms with Crippen molar-refractivity contribution < 1.29 is 14.7 Å². The predicted octanol–water partition coefficient (Wildman–Crippen LogP) is 3.79. The van der Waals surface area contributed by atoms with Gasteiger partial charge in [0.05, 0.1) is 11.3 Å². The average Bonchev–Trinajstić information content (AvgIpc) is 2.42. The Hall–Kier alpha value is -2.34. The monoisotopic (exact) mass is 334 g/mol. The Balaban J connectivity index is 2.01. The molecular formula is C14H11BrN2O3. The molecule has 20 heavy (non-hydrogen) atoms. The lowest BCUT2D eigenvalue weighted by Gasteiger charge is -2.09. The van der Waals surface area contributed by atoms with E-state index in [1.807, 2.05) is 18.2 Å². The Labute approximate surface area is 123 Å². The SMILES string of the molecule is O=C(Nc1ccc(C(=O)O)cc1)Nc1ccccc1Br. The van der Waals surface area contributed by atoms with Crippen LogP contribution in [0.15, 0.2) is 53.0 Å². The van der Waals surface area contributed by atoms with Crippen LogP contribution in [0.1, 0.15) is 10.4 Å². The summed E-state index contributed by atoms with van der Waals surface area (Å²) in [5, 5.41) is 14.1. The minimum atomic E-state index is -1.01. The standard InChI is InChI=1S/C14H11BrN2O3/c15-11-3-1-2-4-12(11)17-14(20)16-10-7-5-9(6-8-10)13(18)19/h1-8H,(H,18,19)(H2,16,17,20). The number of hydrogen-bond acceptors (Lipinski definition) is 2. The fraction of sp³-hybridized carbons (Fsp3) is 0. The first-order valence-corrected chi connectivity index (χ1v) is 6.51. The number of halogens is 1. The summed E-state index contributed by atoms with van der Waals surface area (Å²) in [6.07, 6.45) is 0. The lowest BCUT2D eigenvalue weighted by Crippen LogP contribution is -2.19. The number of urea groups is 1. The van der Waals surface area contributed by atoms with Gasteiger partial charge in [0.25, 0.3) is 0 Å². The van der Waals surface area contributed by atoms with E-state index < -0.39 is 12.0 Å². The molecule has 2 rings (SSSR count). The molecule has 0 radical (unpaired) electrons. The van der Waals surface area contributed by atoms with Crippen LogP contribution in [0.5, 0.6) is 0 Å². The van der Waals surface area contributed by atoms with E-state index >= 15 is 0 Å². The maximum atomic E-state index is 11.8. The second kappa shape index (κ2) is 6.21. The Kier molecular flexibility index (Phi) is 4.37. The molecule has 0 saturated heterocycles. The first kappa shape index (κ1) is 14.1.